The molecule has 0 spiro atoms. The minimum absolute atomic E-state index is 0.0953. The van der Waals surface area contributed by atoms with Gasteiger partial charge in [-0.1, -0.05) is 55.0 Å². The van der Waals surface area contributed by atoms with E-state index in [1.165, 1.54) is 11.1 Å². The van der Waals surface area contributed by atoms with Gasteiger partial charge in [-0.2, -0.15) is 0 Å². The van der Waals surface area contributed by atoms with E-state index in [1.807, 2.05) is 12.1 Å². The van der Waals surface area contributed by atoms with Crippen molar-refractivity contribution in [2.45, 2.75) is 69.2 Å². The lowest BCUT2D eigenvalue weighted by atomic mass is 9.58. The molecule has 1 saturated carbocycles. The summed E-state index contributed by atoms with van der Waals surface area (Å²) in [6, 6.07) is 19.5. The van der Waals surface area contributed by atoms with Gasteiger partial charge < -0.3 is 10.1 Å². The Morgan fingerprint density at radius 2 is 2.00 bits per heavy atom. The van der Waals surface area contributed by atoms with Crippen LogP contribution in [-0.2, 0) is 16.6 Å². The highest BCUT2D eigenvalue weighted by molar-refractivity contribution is 5.76. The van der Waals surface area contributed by atoms with Gasteiger partial charge in [0.15, 0.2) is 0 Å². The largest absolute Gasteiger partial charge is 0.497 e. The number of carbonyl (C=O) groups is 1. The molecule has 188 valence electrons. The fourth-order valence-corrected chi connectivity index (χ4v) is 6.36. The molecule has 1 aliphatic carbocycles. The molecule has 2 aliphatic rings. The summed E-state index contributed by atoms with van der Waals surface area (Å²) in [6.45, 7) is 7.07. The minimum atomic E-state index is 0.0953. The van der Waals surface area contributed by atoms with Gasteiger partial charge in [0, 0.05) is 31.0 Å². The quantitative estimate of drug-likeness (QED) is 0.325. The molecule has 4 heteroatoms. The highest BCUT2D eigenvalue weighted by Gasteiger charge is 2.48. The maximum atomic E-state index is 12.8. The number of nitrogens with one attached hydrogen (secondary N) is 1. The standard InChI is InChI=1S/C31H42N2O2/c1-3-20-33-21-19-31(26-14-10-15-29(22-26)35-2)23-28(18-17-27(31)24-33)32-30(34)16-9-5-8-13-25-11-6-4-7-12-25/h3-4,6-7,10-12,14-15,22,27-28H,1,5,8-9,13,16-21,23-24H2,2H3,(H,32,34)/t27-,28+,31+/m1/s1. The number of amides is 1. The van der Waals surface area contributed by atoms with Crippen LogP contribution >= 0.6 is 0 Å². The number of piperidine rings is 1. The van der Waals surface area contributed by atoms with Gasteiger partial charge in [-0.3, -0.25) is 9.69 Å². The first-order chi connectivity index (χ1) is 17.1. The molecule has 1 saturated heterocycles. The van der Waals surface area contributed by atoms with E-state index in [1.54, 1.807) is 7.11 Å². The zero-order valence-electron chi connectivity index (χ0n) is 21.4. The van der Waals surface area contributed by atoms with Crippen molar-refractivity contribution in [3.63, 3.8) is 0 Å². The summed E-state index contributed by atoms with van der Waals surface area (Å²) in [6.07, 6.45) is 11.3. The third-order valence-electron chi connectivity index (χ3n) is 8.22. The average Bonchev–Trinajstić information content (AvgIpc) is 2.89. The van der Waals surface area contributed by atoms with Crippen LogP contribution < -0.4 is 10.1 Å². The van der Waals surface area contributed by atoms with Gasteiger partial charge in [0.25, 0.3) is 0 Å². The van der Waals surface area contributed by atoms with E-state index >= 15 is 0 Å². The molecule has 2 fully saturated rings. The second-order valence-corrected chi connectivity index (χ2v) is 10.5. The molecule has 0 aromatic heterocycles. The fraction of sp³-hybridized carbons (Fsp3) is 0.516. The van der Waals surface area contributed by atoms with Crippen molar-refractivity contribution in [3.05, 3.63) is 78.4 Å². The van der Waals surface area contributed by atoms with Crippen LogP contribution in [0.15, 0.2) is 67.3 Å². The Kier molecular flexibility index (Phi) is 9.03. The summed E-state index contributed by atoms with van der Waals surface area (Å²) in [5.41, 5.74) is 2.86. The molecule has 1 N–H and O–H groups in total. The van der Waals surface area contributed by atoms with Crippen molar-refractivity contribution in [3.8, 4) is 5.75 Å². The number of hydrogen-bond acceptors (Lipinski definition) is 3. The number of methoxy groups -OCH3 is 1. The zero-order chi connectivity index (χ0) is 24.5. The minimum Gasteiger partial charge on any atom is -0.497 e. The number of benzene rings is 2. The fourth-order valence-electron chi connectivity index (χ4n) is 6.36. The lowest BCUT2D eigenvalue weighted by molar-refractivity contribution is -0.122. The summed E-state index contributed by atoms with van der Waals surface area (Å²) in [7, 11) is 1.74. The maximum absolute atomic E-state index is 12.8. The predicted molar refractivity (Wildman–Crippen MR) is 144 cm³/mol. The normalized spacial score (nSPS) is 24.4. The van der Waals surface area contributed by atoms with Crippen molar-refractivity contribution >= 4 is 5.91 Å². The third-order valence-corrected chi connectivity index (χ3v) is 8.22. The average molecular weight is 475 g/mol. The highest BCUT2D eigenvalue weighted by atomic mass is 16.5. The number of rotatable bonds is 11. The number of nitrogens with zero attached hydrogens (tertiary/aromatic N) is 1. The number of likely N-dealkylation sites (tertiary alicyclic amines) is 1. The van der Waals surface area contributed by atoms with Crippen molar-refractivity contribution in [2.24, 2.45) is 5.92 Å². The molecule has 3 atom stereocenters. The third kappa shape index (κ3) is 6.55. The van der Waals surface area contributed by atoms with Gasteiger partial charge in [-0.15, -0.1) is 6.58 Å². The SMILES string of the molecule is C=CCN1CC[C@@]2(c3cccc(OC)c3)C[C@@H](NC(=O)CCCCCc3ccccc3)CC[C@@H]2C1. The van der Waals surface area contributed by atoms with Gasteiger partial charge in [0.1, 0.15) is 5.75 Å². The highest BCUT2D eigenvalue weighted by Crippen LogP contribution is 2.49. The molecule has 4 rings (SSSR count). The van der Waals surface area contributed by atoms with Gasteiger partial charge in [-0.05, 0) is 80.7 Å². The van der Waals surface area contributed by atoms with Crippen molar-refractivity contribution < 1.29 is 9.53 Å². The Bertz CT molecular complexity index is 959. The van der Waals surface area contributed by atoms with E-state index in [-0.39, 0.29) is 17.4 Å². The number of ether oxygens (including phenoxy) is 1. The van der Waals surface area contributed by atoms with Crippen LogP contribution in [0.5, 0.6) is 5.75 Å². The van der Waals surface area contributed by atoms with Crippen LogP contribution in [0, 0.1) is 5.92 Å². The lowest BCUT2D eigenvalue weighted by Gasteiger charge is -2.53. The molecule has 4 nitrogen and oxygen atoms in total. The van der Waals surface area contributed by atoms with Crippen LogP contribution in [0.4, 0.5) is 0 Å². The number of fused-ring (bicyclic) bond motifs is 1. The Morgan fingerprint density at radius 1 is 1.14 bits per heavy atom. The first-order valence-electron chi connectivity index (χ1n) is 13.4. The second kappa shape index (κ2) is 12.4. The zero-order valence-corrected chi connectivity index (χ0v) is 21.4. The lowest BCUT2D eigenvalue weighted by Crippen LogP contribution is -2.56. The van der Waals surface area contributed by atoms with E-state index in [2.05, 4.69) is 65.3 Å². The van der Waals surface area contributed by atoms with Gasteiger partial charge in [0.05, 0.1) is 7.11 Å². The Hall–Kier alpha value is -2.59. The Balaban J connectivity index is 1.34. The van der Waals surface area contributed by atoms with Crippen LogP contribution in [-0.4, -0.2) is 43.6 Å². The van der Waals surface area contributed by atoms with E-state index in [0.717, 1.165) is 76.8 Å². The summed E-state index contributed by atoms with van der Waals surface area (Å²) in [5, 5.41) is 3.42. The van der Waals surface area contributed by atoms with Gasteiger partial charge >= 0.3 is 0 Å². The van der Waals surface area contributed by atoms with E-state index in [0.29, 0.717) is 12.3 Å². The van der Waals surface area contributed by atoms with Crippen LogP contribution in [0.2, 0.25) is 0 Å². The topological polar surface area (TPSA) is 41.6 Å². The van der Waals surface area contributed by atoms with Gasteiger partial charge in [-0.25, -0.2) is 0 Å². The number of aryl methyl sites for hydroxylation is 1. The molecular weight excluding hydrogens is 432 g/mol. The molecule has 2 aromatic rings. The molecule has 1 heterocycles. The summed E-state index contributed by atoms with van der Waals surface area (Å²) in [5.74, 6) is 1.73. The molecule has 0 bridgehead atoms. The molecule has 2 aromatic carbocycles. The van der Waals surface area contributed by atoms with E-state index in [4.69, 9.17) is 4.74 Å². The summed E-state index contributed by atoms with van der Waals surface area (Å²) >= 11 is 0. The van der Waals surface area contributed by atoms with Crippen LogP contribution in [0.1, 0.15) is 62.5 Å². The van der Waals surface area contributed by atoms with E-state index in [9.17, 15) is 4.79 Å². The molecule has 1 amide bonds. The van der Waals surface area contributed by atoms with Crippen LogP contribution in [0.3, 0.4) is 0 Å². The van der Waals surface area contributed by atoms with Crippen molar-refractivity contribution in [2.75, 3.05) is 26.7 Å². The number of unbranched alkanes of at least 4 members (excludes halogenated alkanes) is 2. The number of carbonyl (C=O) groups excluding carboxylic acids is 1. The molecule has 35 heavy (non-hydrogen) atoms. The monoisotopic (exact) mass is 474 g/mol. The molecule has 0 radical (unpaired) electrons. The van der Waals surface area contributed by atoms with E-state index < -0.39 is 0 Å². The Labute approximate surface area is 211 Å². The van der Waals surface area contributed by atoms with Gasteiger partial charge in [0.2, 0.25) is 5.91 Å². The number of hydrogen-bond donors (Lipinski definition) is 1. The second-order valence-electron chi connectivity index (χ2n) is 10.5. The summed E-state index contributed by atoms with van der Waals surface area (Å²) < 4.78 is 5.57. The van der Waals surface area contributed by atoms with Crippen molar-refractivity contribution in [1.29, 1.82) is 0 Å². The molecule has 1 aliphatic heterocycles. The molecule has 0 unspecified atom stereocenters. The first-order valence-corrected chi connectivity index (χ1v) is 13.4. The smallest absolute Gasteiger partial charge is 0.220 e. The first kappa shape index (κ1) is 25.5. The van der Waals surface area contributed by atoms with Crippen molar-refractivity contribution in [1.82, 2.24) is 10.2 Å². The maximum Gasteiger partial charge on any atom is 0.220 e. The predicted octanol–water partition coefficient (Wildman–Crippen LogP) is 5.91. The Morgan fingerprint density at radius 3 is 2.80 bits per heavy atom. The van der Waals surface area contributed by atoms with Crippen LogP contribution in [0.25, 0.3) is 0 Å². The molecular formula is C31H42N2O2. The summed E-state index contributed by atoms with van der Waals surface area (Å²) in [4.78, 5) is 15.4.